The van der Waals surface area contributed by atoms with Crippen molar-refractivity contribution in [2.75, 3.05) is 34.3 Å². The molecule has 0 aliphatic carbocycles. The average molecular weight is 188 g/mol. The summed E-state index contributed by atoms with van der Waals surface area (Å²) in [5, 5.41) is 0. The van der Waals surface area contributed by atoms with Gasteiger partial charge in [0.25, 0.3) is 0 Å². The van der Waals surface area contributed by atoms with E-state index >= 15 is 0 Å². The number of nitrogens with zero attached hydrogens (tertiary/aromatic N) is 1. The minimum Gasteiger partial charge on any atom is -0.460 e. The first-order chi connectivity index (χ1) is 5.95. The maximum Gasteiger partial charge on any atom is 0.305 e. The SMILES string of the molecule is CCCCC(=O)OCC[N+](C)(C)C. The van der Waals surface area contributed by atoms with Gasteiger partial charge in [0, 0.05) is 6.42 Å². The van der Waals surface area contributed by atoms with Crippen LogP contribution in [0, 0.1) is 0 Å². The molecule has 0 bridgehead atoms. The van der Waals surface area contributed by atoms with Crippen molar-refractivity contribution in [1.29, 1.82) is 0 Å². The molecule has 0 saturated heterocycles. The lowest BCUT2D eigenvalue weighted by molar-refractivity contribution is -0.870. The summed E-state index contributed by atoms with van der Waals surface area (Å²) in [7, 11) is 6.25. The number of carbonyl (C=O) groups is 1. The largest absolute Gasteiger partial charge is 0.460 e. The third-order valence-electron chi connectivity index (χ3n) is 1.76. The minimum atomic E-state index is -0.0599. The van der Waals surface area contributed by atoms with Crippen molar-refractivity contribution in [3.63, 3.8) is 0 Å². The standard InChI is InChI=1S/C10H22NO2/c1-5-6-7-10(12)13-9-8-11(2,3)4/h5-9H2,1-4H3/q+1. The van der Waals surface area contributed by atoms with Crippen LogP contribution in [0.1, 0.15) is 26.2 Å². The molecule has 0 aromatic carbocycles. The summed E-state index contributed by atoms with van der Waals surface area (Å²) in [6.45, 7) is 3.48. The van der Waals surface area contributed by atoms with Crippen LogP contribution in [0.5, 0.6) is 0 Å². The van der Waals surface area contributed by atoms with E-state index < -0.39 is 0 Å². The highest BCUT2D eigenvalue weighted by molar-refractivity contribution is 5.69. The fourth-order valence-electron chi connectivity index (χ4n) is 0.827. The van der Waals surface area contributed by atoms with Gasteiger partial charge >= 0.3 is 5.97 Å². The van der Waals surface area contributed by atoms with Crippen LogP contribution in [-0.4, -0.2) is 44.7 Å². The Morgan fingerprint density at radius 2 is 1.92 bits per heavy atom. The van der Waals surface area contributed by atoms with Crippen LogP contribution in [0.3, 0.4) is 0 Å². The summed E-state index contributed by atoms with van der Waals surface area (Å²) in [5.74, 6) is -0.0599. The van der Waals surface area contributed by atoms with Crippen LogP contribution in [-0.2, 0) is 9.53 Å². The minimum absolute atomic E-state index is 0.0599. The Morgan fingerprint density at radius 1 is 1.31 bits per heavy atom. The van der Waals surface area contributed by atoms with E-state index in [2.05, 4.69) is 28.1 Å². The predicted molar refractivity (Wildman–Crippen MR) is 53.4 cm³/mol. The number of quaternary nitrogens is 1. The van der Waals surface area contributed by atoms with E-state index in [9.17, 15) is 4.79 Å². The number of likely N-dealkylation sites (N-methyl/N-ethyl adjacent to an activating group) is 1. The summed E-state index contributed by atoms with van der Waals surface area (Å²) in [5.41, 5.74) is 0. The number of esters is 1. The normalized spacial score (nSPS) is 11.4. The summed E-state index contributed by atoms with van der Waals surface area (Å²) >= 11 is 0. The third kappa shape index (κ3) is 9.34. The summed E-state index contributed by atoms with van der Waals surface area (Å²) < 4.78 is 5.90. The van der Waals surface area contributed by atoms with E-state index in [4.69, 9.17) is 4.74 Å². The molecular weight excluding hydrogens is 166 g/mol. The summed E-state index contributed by atoms with van der Waals surface area (Å²) in [6, 6.07) is 0. The molecule has 3 nitrogen and oxygen atoms in total. The maximum absolute atomic E-state index is 11.1. The molecule has 0 saturated carbocycles. The van der Waals surface area contributed by atoms with Crippen molar-refractivity contribution in [3.8, 4) is 0 Å². The van der Waals surface area contributed by atoms with Crippen LogP contribution in [0.4, 0.5) is 0 Å². The van der Waals surface area contributed by atoms with Gasteiger partial charge in [-0.3, -0.25) is 4.79 Å². The van der Waals surface area contributed by atoms with Crippen molar-refractivity contribution in [2.24, 2.45) is 0 Å². The highest BCUT2D eigenvalue weighted by Crippen LogP contribution is 1.97. The van der Waals surface area contributed by atoms with Crippen LogP contribution >= 0.6 is 0 Å². The molecule has 0 rings (SSSR count). The molecule has 0 aromatic heterocycles. The third-order valence-corrected chi connectivity index (χ3v) is 1.76. The van der Waals surface area contributed by atoms with Gasteiger partial charge in [0.2, 0.25) is 0 Å². The Bertz CT molecular complexity index is 149. The van der Waals surface area contributed by atoms with E-state index in [0.717, 1.165) is 23.9 Å². The molecule has 0 aliphatic heterocycles. The lowest BCUT2D eigenvalue weighted by atomic mass is 10.2. The van der Waals surface area contributed by atoms with Gasteiger partial charge in [0.1, 0.15) is 13.2 Å². The zero-order valence-electron chi connectivity index (χ0n) is 9.30. The Hall–Kier alpha value is -0.570. The van der Waals surface area contributed by atoms with Gasteiger partial charge in [-0.1, -0.05) is 13.3 Å². The molecule has 0 aliphatic rings. The van der Waals surface area contributed by atoms with Gasteiger partial charge in [-0.05, 0) is 6.42 Å². The average Bonchev–Trinajstić information content (AvgIpc) is 1.98. The number of unbranched alkanes of at least 4 members (excludes halogenated alkanes) is 1. The van der Waals surface area contributed by atoms with Crippen molar-refractivity contribution in [2.45, 2.75) is 26.2 Å². The molecule has 3 heteroatoms. The van der Waals surface area contributed by atoms with E-state index in [1.54, 1.807) is 0 Å². The molecule has 0 fully saturated rings. The lowest BCUT2D eigenvalue weighted by Gasteiger charge is -2.23. The van der Waals surface area contributed by atoms with E-state index in [-0.39, 0.29) is 5.97 Å². The Labute approximate surface area is 81.3 Å². The van der Waals surface area contributed by atoms with Gasteiger partial charge in [-0.25, -0.2) is 0 Å². The van der Waals surface area contributed by atoms with Crippen LogP contribution in [0.2, 0.25) is 0 Å². The van der Waals surface area contributed by atoms with Crippen LogP contribution < -0.4 is 0 Å². The predicted octanol–water partition coefficient (Wildman–Crippen LogP) is 1.43. The molecule has 78 valence electrons. The quantitative estimate of drug-likeness (QED) is 0.465. The van der Waals surface area contributed by atoms with Crippen molar-refractivity contribution in [3.05, 3.63) is 0 Å². The Balaban J connectivity index is 3.37. The van der Waals surface area contributed by atoms with Crippen molar-refractivity contribution >= 4 is 5.97 Å². The first kappa shape index (κ1) is 12.4. The number of hydrogen-bond donors (Lipinski definition) is 0. The molecule has 0 spiro atoms. The number of hydrogen-bond acceptors (Lipinski definition) is 2. The maximum atomic E-state index is 11.1. The van der Waals surface area contributed by atoms with Gasteiger partial charge in [-0.2, -0.15) is 0 Å². The number of carbonyl (C=O) groups excluding carboxylic acids is 1. The van der Waals surface area contributed by atoms with Gasteiger partial charge in [0.15, 0.2) is 0 Å². The van der Waals surface area contributed by atoms with E-state index in [1.165, 1.54) is 0 Å². The van der Waals surface area contributed by atoms with E-state index in [0.29, 0.717) is 13.0 Å². The van der Waals surface area contributed by atoms with Crippen LogP contribution in [0.15, 0.2) is 0 Å². The van der Waals surface area contributed by atoms with Crippen LogP contribution in [0.25, 0.3) is 0 Å². The molecular formula is C10H22NO2+. The number of ether oxygens (including phenoxy) is 1. The zero-order valence-corrected chi connectivity index (χ0v) is 9.30. The summed E-state index contributed by atoms with van der Waals surface area (Å²) in [4.78, 5) is 11.1. The Morgan fingerprint density at radius 3 is 2.38 bits per heavy atom. The van der Waals surface area contributed by atoms with Crippen molar-refractivity contribution in [1.82, 2.24) is 0 Å². The first-order valence-corrected chi connectivity index (χ1v) is 4.92. The zero-order chi connectivity index (χ0) is 10.3. The van der Waals surface area contributed by atoms with E-state index in [1.807, 2.05) is 0 Å². The molecule has 0 unspecified atom stereocenters. The van der Waals surface area contributed by atoms with Crippen molar-refractivity contribution < 1.29 is 14.0 Å². The Kier molecular flexibility index (Phi) is 5.71. The second-order valence-corrected chi connectivity index (χ2v) is 4.34. The molecule has 0 heterocycles. The highest BCUT2D eigenvalue weighted by atomic mass is 16.5. The molecule has 0 atom stereocenters. The van der Waals surface area contributed by atoms with Gasteiger partial charge < -0.3 is 9.22 Å². The summed E-state index contributed by atoms with van der Waals surface area (Å²) in [6.07, 6.45) is 2.54. The fraction of sp³-hybridized carbons (Fsp3) is 0.900. The first-order valence-electron chi connectivity index (χ1n) is 4.92. The lowest BCUT2D eigenvalue weighted by Crippen LogP contribution is -2.37. The molecule has 0 N–H and O–H groups in total. The van der Waals surface area contributed by atoms with Gasteiger partial charge in [-0.15, -0.1) is 0 Å². The second kappa shape index (κ2) is 5.97. The highest BCUT2D eigenvalue weighted by Gasteiger charge is 2.08. The second-order valence-electron chi connectivity index (χ2n) is 4.34. The molecule has 0 aromatic rings. The smallest absolute Gasteiger partial charge is 0.305 e. The topological polar surface area (TPSA) is 26.3 Å². The monoisotopic (exact) mass is 188 g/mol. The number of rotatable bonds is 6. The molecule has 0 amide bonds. The molecule has 0 radical (unpaired) electrons. The van der Waals surface area contributed by atoms with Gasteiger partial charge in [0.05, 0.1) is 21.1 Å². The molecule has 13 heavy (non-hydrogen) atoms. The fourth-order valence-corrected chi connectivity index (χ4v) is 0.827.